The first-order valence-corrected chi connectivity index (χ1v) is 6.80. The average molecular weight is 262 g/mol. The Bertz CT molecular complexity index is 436. The van der Waals surface area contributed by atoms with Gasteiger partial charge in [0.1, 0.15) is 5.82 Å². The summed E-state index contributed by atoms with van der Waals surface area (Å²) in [6.45, 7) is 0. The van der Waals surface area contributed by atoms with Crippen LogP contribution in [0, 0.1) is 11.7 Å². The standard InChI is InChI=1S/C15H19FN2O/c16-14-8-6-12(7-9-14)10-15(19)18-17-11-13-4-2-1-3-5-13/h6-9,11,13H,1-5,10H2,(H,18,19)/b17-11-. The van der Waals surface area contributed by atoms with Crippen LogP contribution in [0.4, 0.5) is 4.39 Å². The topological polar surface area (TPSA) is 41.5 Å². The lowest BCUT2D eigenvalue weighted by atomic mass is 9.90. The maximum Gasteiger partial charge on any atom is 0.244 e. The van der Waals surface area contributed by atoms with Crippen LogP contribution in [0.2, 0.25) is 0 Å². The van der Waals surface area contributed by atoms with Crippen LogP contribution in [0.1, 0.15) is 37.7 Å². The SMILES string of the molecule is O=C(Cc1ccc(F)cc1)N/N=C\C1CCCCC1. The van der Waals surface area contributed by atoms with Crippen molar-refractivity contribution in [1.29, 1.82) is 0 Å². The number of nitrogens with one attached hydrogen (secondary N) is 1. The fraction of sp³-hybridized carbons (Fsp3) is 0.467. The van der Waals surface area contributed by atoms with Crippen LogP contribution >= 0.6 is 0 Å². The van der Waals surface area contributed by atoms with E-state index in [4.69, 9.17) is 0 Å². The largest absolute Gasteiger partial charge is 0.273 e. The van der Waals surface area contributed by atoms with Gasteiger partial charge in [-0.25, -0.2) is 9.82 Å². The number of halogens is 1. The van der Waals surface area contributed by atoms with E-state index < -0.39 is 0 Å². The maximum atomic E-state index is 12.7. The fourth-order valence-corrected chi connectivity index (χ4v) is 2.33. The molecule has 0 unspecified atom stereocenters. The Kier molecular flexibility index (Phi) is 5.07. The van der Waals surface area contributed by atoms with Gasteiger partial charge in [-0.05, 0) is 36.5 Å². The van der Waals surface area contributed by atoms with E-state index >= 15 is 0 Å². The number of rotatable bonds is 4. The van der Waals surface area contributed by atoms with Gasteiger partial charge in [-0.3, -0.25) is 4.79 Å². The molecule has 1 amide bonds. The summed E-state index contributed by atoms with van der Waals surface area (Å²) >= 11 is 0. The van der Waals surface area contributed by atoms with Gasteiger partial charge < -0.3 is 0 Å². The number of carbonyl (C=O) groups is 1. The Morgan fingerprint density at radius 3 is 2.63 bits per heavy atom. The van der Waals surface area contributed by atoms with E-state index in [1.54, 1.807) is 12.1 Å². The zero-order valence-corrected chi connectivity index (χ0v) is 10.9. The lowest BCUT2D eigenvalue weighted by Crippen LogP contribution is -2.21. The Morgan fingerprint density at radius 1 is 1.26 bits per heavy atom. The first-order valence-electron chi connectivity index (χ1n) is 6.80. The van der Waals surface area contributed by atoms with Gasteiger partial charge in [0.05, 0.1) is 6.42 Å². The number of nitrogens with zero attached hydrogens (tertiary/aromatic N) is 1. The number of amides is 1. The highest BCUT2D eigenvalue weighted by Crippen LogP contribution is 2.21. The summed E-state index contributed by atoms with van der Waals surface area (Å²) in [5, 5.41) is 4.01. The molecule has 1 aliphatic rings. The molecule has 3 nitrogen and oxygen atoms in total. The van der Waals surface area contributed by atoms with Crippen LogP contribution in [0.5, 0.6) is 0 Å². The summed E-state index contributed by atoms with van der Waals surface area (Å²) in [5.74, 6) is 0.0398. The number of benzene rings is 1. The van der Waals surface area contributed by atoms with Crippen molar-refractivity contribution in [1.82, 2.24) is 5.43 Å². The molecule has 0 radical (unpaired) electrons. The molecule has 1 N–H and O–H groups in total. The lowest BCUT2D eigenvalue weighted by molar-refractivity contribution is -0.120. The minimum atomic E-state index is -0.292. The molecule has 0 aliphatic heterocycles. The van der Waals surface area contributed by atoms with E-state index in [2.05, 4.69) is 10.5 Å². The number of hydrogen-bond acceptors (Lipinski definition) is 2. The zero-order valence-electron chi connectivity index (χ0n) is 10.9. The highest BCUT2D eigenvalue weighted by molar-refractivity contribution is 5.79. The third-order valence-electron chi connectivity index (χ3n) is 3.40. The van der Waals surface area contributed by atoms with Crippen LogP contribution in [-0.2, 0) is 11.2 Å². The fourth-order valence-electron chi connectivity index (χ4n) is 2.33. The van der Waals surface area contributed by atoms with Crippen molar-refractivity contribution in [2.75, 3.05) is 0 Å². The Balaban J connectivity index is 1.74. The van der Waals surface area contributed by atoms with Gasteiger partial charge in [-0.2, -0.15) is 5.10 Å². The Hall–Kier alpha value is -1.71. The van der Waals surface area contributed by atoms with Crippen LogP contribution in [0.25, 0.3) is 0 Å². The van der Waals surface area contributed by atoms with E-state index in [1.807, 2.05) is 6.21 Å². The van der Waals surface area contributed by atoms with Crippen LogP contribution in [-0.4, -0.2) is 12.1 Å². The number of carbonyl (C=O) groups excluding carboxylic acids is 1. The van der Waals surface area contributed by atoms with E-state index in [-0.39, 0.29) is 18.1 Å². The van der Waals surface area contributed by atoms with Gasteiger partial charge in [0, 0.05) is 6.21 Å². The van der Waals surface area contributed by atoms with Crippen molar-refractivity contribution in [2.45, 2.75) is 38.5 Å². The van der Waals surface area contributed by atoms with Crippen molar-refractivity contribution < 1.29 is 9.18 Å². The molecular formula is C15H19FN2O. The summed E-state index contributed by atoms with van der Waals surface area (Å²) in [7, 11) is 0. The van der Waals surface area contributed by atoms with Crippen LogP contribution in [0.3, 0.4) is 0 Å². The molecule has 0 saturated heterocycles. The molecule has 4 heteroatoms. The van der Waals surface area contributed by atoms with Gasteiger partial charge in [0.25, 0.3) is 0 Å². The summed E-state index contributed by atoms with van der Waals surface area (Å²) < 4.78 is 12.7. The number of hydrazone groups is 1. The molecule has 0 spiro atoms. The van der Waals surface area contributed by atoms with Crippen LogP contribution in [0.15, 0.2) is 29.4 Å². The molecule has 19 heavy (non-hydrogen) atoms. The second-order valence-electron chi connectivity index (χ2n) is 5.01. The van der Waals surface area contributed by atoms with Crippen molar-refractivity contribution >= 4 is 12.1 Å². The molecular weight excluding hydrogens is 243 g/mol. The molecule has 1 saturated carbocycles. The zero-order chi connectivity index (χ0) is 13.5. The molecule has 0 heterocycles. The van der Waals surface area contributed by atoms with E-state index in [1.165, 1.54) is 31.4 Å². The molecule has 0 atom stereocenters. The van der Waals surface area contributed by atoms with Crippen molar-refractivity contribution in [3.63, 3.8) is 0 Å². The van der Waals surface area contributed by atoms with Gasteiger partial charge >= 0.3 is 0 Å². The molecule has 1 aromatic rings. The monoisotopic (exact) mass is 262 g/mol. The molecule has 0 bridgehead atoms. The molecule has 1 aliphatic carbocycles. The maximum absolute atomic E-state index is 12.7. The summed E-state index contributed by atoms with van der Waals surface area (Å²) in [6.07, 6.45) is 8.21. The van der Waals surface area contributed by atoms with Crippen molar-refractivity contribution in [3.8, 4) is 0 Å². The summed E-state index contributed by atoms with van der Waals surface area (Å²) in [6, 6.07) is 5.93. The first-order chi connectivity index (χ1) is 9.24. The highest BCUT2D eigenvalue weighted by atomic mass is 19.1. The molecule has 2 rings (SSSR count). The number of hydrogen-bond donors (Lipinski definition) is 1. The first kappa shape index (κ1) is 13.7. The molecule has 102 valence electrons. The van der Waals surface area contributed by atoms with Gasteiger partial charge in [-0.1, -0.05) is 31.4 Å². The molecule has 0 aromatic heterocycles. The quantitative estimate of drug-likeness (QED) is 0.657. The lowest BCUT2D eigenvalue weighted by Gasteiger charge is -2.16. The predicted octanol–water partition coefficient (Wildman–Crippen LogP) is 3.05. The van der Waals surface area contributed by atoms with Gasteiger partial charge in [0.2, 0.25) is 5.91 Å². The predicted molar refractivity (Wildman–Crippen MR) is 73.3 cm³/mol. The average Bonchev–Trinajstić information content (AvgIpc) is 2.43. The Labute approximate surface area is 112 Å². The van der Waals surface area contributed by atoms with Crippen molar-refractivity contribution in [3.05, 3.63) is 35.6 Å². The molecule has 1 fully saturated rings. The third kappa shape index (κ3) is 4.81. The van der Waals surface area contributed by atoms with E-state index in [0.29, 0.717) is 5.92 Å². The normalized spacial score (nSPS) is 16.7. The van der Waals surface area contributed by atoms with E-state index in [9.17, 15) is 9.18 Å². The smallest absolute Gasteiger partial charge is 0.244 e. The van der Waals surface area contributed by atoms with Gasteiger partial charge in [0.15, 0.2) is 0 Å². The van der Waals surface area contributed by atoms with Gasteiger partial charge in [-0.15, -0.1) is 0 Å². The summed E-state index contributed by atoms with van der Waals surface area (Å²) in [5.41, 5.74) is 3.31. The minimum absolute atomic E-state index is 0.168. The Morgan fingerprint density at radius 2 is 1.95 bits per heavy atom. The minimum Gasteiger partial charge on any atom is -0.273 e. The van der Waals surface area contributed by atoms with Crippen molar-refractivity contribution in [2.24, 2.45) is 11.0 Å². The second-order valence-corrected chi connectivity index (χ2v) is 5.01. The second kappa shape index (κ2) is 7.02. The van der Waals surface area contributed by atoms with E-state index in [0.717, 1.165) is 18.4 Å². The van der Waals surface area contributed by atoms with Crippen LogP contribution < -0.4 is 5.43 Å². The summed E-state index contributed by atoms with van der Waals surface area (Å²) in [4.78, 5) is 11.6. The molecule has 1 aromatic carbocycles. The highest BCUT2D eigenvalue weighted by Gasteiger charge is 2.10. The third-order valence-corrected chi connectivity index (χ3v) is 3.40.